The second-order valence-corrected chi connectivity index (χ2v) is 3.75. The van der Waals surface area contributed by atoms with Gasteiger partial charge in [0, 0.05) is 12.4 Å². The van der Waals surface area contributed by atoms with Crippen LogP contribution in [0.2, 0.25) is 0 Å². The number of hydrogen-bond donors (Lipinski definition) is 2. The Morgan fingerprint density at radius 2 is 2.38 bits per heavy atom. The van der Waals surface area contributed by atoms with Crippen LogP contribution >= 0.6 is 15.9 Å². The third-order valence-corrected chi connectivity index (χ3v) is 2.18. The first-order valence-corrected chi connectivity index (χ1v) is 5.01. The van der Waals surface area contributed by atoms with Gasteiger partial charge in [-0.25, -0.2) is 14.6 Å². The minimum atomic E-state index is -0.0742. The van der Waals surface area contributed by atoms with Gasteiger partial charge in [0.25, 0.3) is 5.95 Å². The zero-order valence-corrected chi connectivity index (χ0v) is 9.53. The van der Waals surface area contributed by atoms with Gasteiger partial charge in [-0.05, 0) is 22.0 Å². The van der Waals surface area contributed by atoms with Gasteiger partial charge in [0.05, 0.1) is 10.7 Å². The van der Waals surface area contributed by atoms with E-state index in [9.17, 15) is 0 Å². The van der Waals surface area contributed by atoms with Crippen LogP contribution in [0, 0.1) is 0 Å². The average molecular weight is 283 g/mol. The highest BCUT2D eigenvalue weighted by atomic mass is 79.9. The molecule has 0 aliphatic heterocycles. The first-order valence-electron chi connectivity index (χ1n) is 4.22. The summed E-state index contributed by atoms with van der Waals surface area (Å²) in [6.07, 6.45) is 4.82. The number of hydrogen-bond acceptors (Lipinski definition) is 5. The highest BCUT2D eigenvalue weighted by Gasteiger charge is 2.06. The highest BCUT2D eigenvalue weighted by molar-refractivity contribution is 9.10. The van der Waals surface area contributed by atoms with Gasteiger partial charge in [0.1, 0.15) is 5.69 Å². The monoisotopic (exact) mass is 282 g/mol. The van der Waals surface area contributed by atoms with Crippen molar-refractivity contribution < 1.29 is 5.21 Å². The fourth-order valence-corrected chi connectivity index (χ4v) is 1.35. The van der Waals surface area contributed by atoms with Crippen LogP contribution in [0.15, 0.2) is 34.3 Å². The second-order valence-electron chi connectivity index (χ2n) is 2.83. The predicted octanol–water partition coefficient (Wildman–Crippen LogP) is 0.519. The standard InChI is InChI=1S/C8H7BrN6O/c9-5-3-12-15(4-5)8-11-2-1-6(13-8)7(10)14-16/h1-4,16H,(H2,10,14). The molecule has 0 saturated heterocycles. The minimum absolute atomic E-state index is 0.0742. The quantitative estimate of drug-likeness (QED) is 0.362. The molecule has 0 radical (unpaired) electrons. The molecule has 2 heterocycles. The Hall–Kier alpha value is -1.96. The van der Waals surface area contributed by atoms with Gasteiger partial charge in [-0.3, -0.25) is 0 Å². The van der Waals surface area contributed by atoms with E-state index in [2.05, 4.69) is 36.2 Å². The molecule has 0 aliphatic carbocycles. The fraction of sp³-hybridized carbons (Fsp3) is 0. The van der Waals surface area contributed by atoms with E-state index in [1.54, 1.807) is 12.4 Å². The van der Waals surface area contributed by atoms with E-state index in [1.807, 2.05) is 0 Å². The topological polar surface area (TPSA) is 102 Å². The molecule has 0 amide bonds. The first-order chi connectivity index (χ1) is 7.70. The summed E-state index contributed by atoms with van der Waals surface area (Å²) < 4.78 is 2.28. The SMILES string of the molecule is N/C(=N/O)c1ccnc(-n2cc(Br)cn2)n1. The van der Waals surface area contributed by atoms with Crippen molar-refractivity contribution in [1.82, 2.24) is 19.7 Å². The predicted molar refractivity (Wildman–Crippen MR) is 59.4 cm³/mol. The largest absolute Gasteiger partial charge is 0.409 e. The van der Waals surface area contributed by atoms with Crippen LogP contribution in [-0.2, 0) is 0 Å². The molecule has 0 unspecified atom stereocenters. The molecule has 0 bridgehead atoms. The molecular weight excluding hydrogens is 276 g/mol. The third kappa shape index (κ3) is 2.01. The van der Waals surface area contributed by atoms with E-state index in [0.717, 1.165) is 4.47 Å². The molecule has 82 valence electrons. The molecule has 0 fully saturated rings. The Balaban J connectivity index is 2.43. The Kier molecular flexibility index (Phi) is 2.82. The van der Waals surface area contributed by atoms with Crippen LogP contribution in [0.4, 0.5) is 0 Å². The molecule has 0 spiro atoms. The average Bonchev–Trinajstić information content (AvgIpc) is 2.75. The van der Waals surface area contributed by atoms with Crippen LogP contribution in [0.1, 0.15) is 5.69 Å². The van der Waals surface area contributed by atoms with Crippen molar-refractivity contribution in [2.24, 2.45) is 10.9 Å². The molecule has 0 aliphatic rings. The lowest BCUT2D eigenvalue weighted by molar-refractivity contribution is 0.318. The highest BCUT2D eigenvalue weighted by Crippen LogP contribution is 2.09. The van der Waals surface area contributed by atoms with E-state index < -0.39 is 0 Å². The maximum absolute atomic E-state index is 8.53. The molecule has 7 nitrogen and oxygen atoms in total. The lowest BCUT2D eigenvalue weighted by Gasteiger charge is -2.01. The molecule has 16 heavy (non-hydrogen) atoms. The van der Waals surface area contributed by atoms with Crippen LogP contribution in [0.25, 0.3) is 5.95 Å². The molecule has 3 N–H and O–H groups in total. The van der Waals surface area contributed by atoms with Crippen molar-refractivity contribution in [3.05, 3.63) is 34.8 Å². The zero-order valence-electron chi connectivity index (χ0n) is 7.95. The second kappa shape index (κ2) is 4.27. The number of nitrogens with two attached hydrogens (primary N) is 1. The number of halogens is 1. The van der Waals surface area contributed by atoms with Gasteiger partial charge in [0.2, 0.25) is 0 Å². The summed E-state index contributed by atoms with van der Waals surface area (Å²) in [4.78, 5) is 8.10. The summed E-state index contributed by atoms with van der Waals surface area (Å²) in [5.41, 5.74) is 5.75. The fourth-order valence-electron chi connectivity index (χ4n) is 1.06. The number of aromatic nitrogens is 4. The van der Waals surface area contributed by atoms with Crippen LogP contribution in [0.3, 0.4) is 0 Å². The molecule has 0 aromatic carbocycles. The Bertz CT molecular complexity index is 537. The summed E-state index contributed by atoms with van der Waals surface area (Å²) in [6, 6.07) is 1.54. The lowest BCUT2D eigenvalue weighted by atomic mass is 10.4. The molecule has 8 heteroatoms. The number of rotatable bonds is 2. The summed E-state index contributed by atoms with van der Waals surface area (Å²) >= 11 is 3.26. The number of nitrogens with zero attached hydrogens (tertiary/aromatic N) is 5. The molecule has 2 aromatic heterocycles. The maximum atomic E-state index is 8.53. The summed E-state index contributed by atoms with van der Waals surface area (Å²) in [5.74, 6) is 0.268. The van der Waals surface area contributed by atoms with E-state index in [-0.39, 0.29) is 5.84 Å². The Labute approximate surface area is 98.8 Å². The van der Waals surface area contributed by atoms with Gasteiger partial charge in [0.15, 0.2) is 5.84 Å². The Morgan fingerprint density at radius 1 is 1.56 bits per heavy atom. The van der Waals surface area contributed by atoms with Gasteiger partial charge < -0.3 is 10.9 Å². The van der Waals surface area contributed by atoms with Gasteiger partial charge in [-0.15, -0.1) is 0 Å². The van der Waals surface area contributed by atoms with Crippen molar-refractivity contribution in [3.63, 3.8) is 0 Å². The van der Waals surface area contributed by atoms with Crippen LogP contribution in [-0.4, -0.2) is 30.8 Å². The maximum Gasteiger partial charge on any atom is 0.251 e. The molecule has 2 aromatic rings. The van der Waals surface area contributed by atoms with E-state index in [4.69, 9.17) is 10.9 Å². The molecule has 0 atom stereocenters. The van der Waals surface area contributed by atoms with Gasteiger partial charge in [-0.2, -0.15) is 5.10 Å². The van der Waals surface area contributed by atoms with E-state index in [0.29, 0.717) is 11.6 Å². The van der Waals surface area contributed by atoms with Crippen molar-refractivity contribution in [3.8, 4) is 5.95 Å². The summed E-state index contributed by atoms with van der Waals surface area (Å²) in [7, 11) is 0. The first kappa shape index (κ1) is 10.6. The summed E-state index contributed by atoms with van der Waals surface area (Å²) in [5, 5.41) is 15.4. The Morgan fingerprint density at radius 3 is 3.00 bits per heavy atom. The van der Waals surface area contributed by atoms with Gasteiger partial charge in [-0.1, -0.05) is 5.16 Å². The van der Waals surface area contributed by atoms with Crippen molar-refractivity contribution >= 4 is 21.8 Å². The van der Waals surface area contributed by atoms with Gasteiger partial charge >= 0.3 is 0 Å². The molecule has 2 rings (SSSR count). The summed E-state index contributed by atoms with van der Waals surface area (Å²) in [6.45, 7) is 0. The zero-order chi connectivity index (χ0) is 11.5. The van der Waals surface area contributed by atoms with Crippen molar-refractivity contribution in [2.45, 2.75) is 0 Å². The minimum Gasteiger partial charge on any atom is -0.409 e. The number of amidine groups is 1. The van der Waals surface area contributed by atoms with Crippen LogP contribution < -0.4 is 5.73 Å². The lowest BCUT2D eigenvalue weighted by Crippen LogP contribution is -2.16. The smallest absolute Gasteiger partial charge is 0.251 e. The third-order valence-electron chi connectivity index (χ3n) is 1.77. The number of oxime groups is 1. The van der Waals surface area contributed by atoms with Crippen LogP contribution in [0.5, 0.6) is 0 Å². The van der Waals surface area contributed by atoms with Crippen molar-refractivity contribution in [1.29, 1.82) is 0 Å². The molecule has 0 saturated carbocycles. The van der Waals surface area contributed by atoms with E-state index in [1.165, 1.54) is 16.9 Å². The van der Waals surface area contributed by atoms with E-state index >= 15 is 0 Å². The molecular formula is C8H7BrN6O. The normalized spacial score (nSPS) is 11.7. The van der Waals surface area contributed by atoms with Crippen molar-refractivity contribution in [2.75, 3.05) is 0 Å².